The molecule has 116 valence electrons. The predicted octanol–water partition coefficient (Wildman–Crippen LogP) is 2.55. The van der Waals surface area contributed by atoms with E-state index in [9.17, 15) is 4.79 Å². The van der Waals surface area contributed by atoms with E-state index in [-0.39, 0.29) is 5.91 Å². The molecule has 1 aliphatic carbocycles. The zero-order valence-corrected chi connectivity index (χ0v) is 13.5. The van der Waals surface area contributed by atoms with Crippen LogP contribution in [0, 0.1) is 0 Å². The summed E-state index contributed by atoms with van der Waals surface area (Å²) >= 11 is 6.33. The van der Waals surface area contributed by atoms with Gasteiger partial charge in [0.2, 0.25) is 5.91 Å². The standard InChI is InChI=1S/C16H24ClN3O/c1-3-8-18-16(21)11-20(2)14-7-4-12(15(17)9-14)10-19-13-5-6-13/h4,7,9,13,19H,3,5-6,8,10-11H2,1-2H3,(H,18,21). The summed E-state index contributed by atoms with van der Waals surface area (Å²) in [6.07, 6.45) is 3.49. The first kappa shape index (κ1) is 16.1. The third-order valence-electron chi connectivity index (χ3n) is 3.59. The van der Waals surface area contributed by atoms with Gasteiger partial charge in [-0.25, -0.2) is 0 Å². The molecule has 2 N–H and O–H groups in total. The Kier molecular flexibility index (Phi) is 5.88. The monoisotopic (exact) mass is 309 g/mol. The second-order valence-electron chi connectivity index (χ2n) is 5.64. The molecule has 0 heterocycles. The second-order valence-corrected chi connectivity index (χ2v) is 6.04. The first-order valence-electron chi connectivity index (χ1n) is 7.59. The molecule has 0 aliphatic heterocycles. The molecule has 1 aromatic rings. The van der Waals surface area contributed by atoms with E-state index in [2.05, 4.69) is 10.6 Å². The van der Waals surface area contributed by atoms with Crippen LogP contribution in [-0.2, 0) is 11.3 Å². The Balaban J connectivity index is 1.89. The summed E-state index contributed by atoms with van der Waals surface area (Å²) in [6, 6.07) is 6.65. The average molecular weight is 310 g/mol. The molecular weight excluding hydrogens is 286 g/mol. The number of anilines is 1. The molecule has 4 nitrogen and oxygen atoms in total. The van der Waals surface area contributed by atoms with Gasteiger partial charge in [0, 0.05) is 36.9 Å². The number of likely N-dealkylation sites (N-methyl/N-ethyl adjacent to an activating group) is 1. The highest BCUT2D eigenvalue weighted by molar-refractivity contribution is 6.31. The molecule has 0 aromatic heterocycles. The highest BCUT2D eigenvalue weighted by Gasteiger charge is 2.20. The van der Waals surface area contributed by atoms with Crippen molar-refractivity contribution in [1.29, 1.82) is 0 Å². The fourth-order valence-electron chi connectivity index (χ4n) is 2.09. The van der Waals surface area contributed by atoms with Gasteiger partial charge in [-0.15, -0.1) is 0 Å². The number of hydrogen-bond acceptors (Lipinski definition) is 3. The van der Waals surface area contributed by atoms with Crippen LogP contribution in [0.25, 0.3) is 0 Å². The van der Waals surface area contributed by atoms with Crippen molar-refractivity contribution < 1.29 is 4.79 Å². The summed E-state index contributed by atoms with van der Waals surface area (Å²) in [5.41, 5.74) is 2.07. The van der Waals surface area contributed by atoms with Crippen LogP contribution in [-0.4, -0.2) is 32.1 Å². The Morgan fingerprint density at radius 2 is 2.19 bits per heavy atom. The molecule has 0 radical (unpaired) electrons. The number of carbonyl (C=O) groups excluding carboxylic acids is 1. The minimum Gasteiger partial charge on any atom is -0.365 e. The largest absolute Gasteiger partial charge is 0.365 e. The van der Waals surface area contributed by atoms with Crippen molar-refractivity contribution in [3.63, 3.8) is 0 Å². The number of amides is 1. The summed E-state index contributed by atoms with van der Waals surface area (Å²) in [4.78, 5) is 13.6. The first-order chi connectivity index (χ1) is 10.1. The smallest absolute Gasteiger partial charge is 0.239 e. The topological polar surface area (TPSA) is 44.4 Å². The lowest BCUT2D eigenvalue weighted by molar-refractivity contribution is -0.119. The van der Waals surface area contributed by atoms with Gasteiger partial charge in [0.1, 0.15) is 0 Å². The Labute approximate surface area is 131 Å². The molecule has 1 fully saturated rings. The fraction of sp³-hybridized carbons (Fsp3) is 0.562. The SMILES string of the molecule is CCCNC(=O)CN(C)c1ccc(CNC2CC2)c(Cl)c1. The van der Waals surface area contributed by atoms with Gasteiger partial charge in [-0.2, -0.15) is 0 Å². The molecule has 0 spiro atoms. The third-order valence-corrected chi connectivity index (χ3v) is 3.94. The molecule has 1 amide bonds. The van der Waals surface area contributed by atoms with E-state index in [0.29, 0.717) is 12.6 Å². The average Bonchev–Trinajstić information content (AvgIpc) is 3.27. The van der Waals surface area contributed by atoms with Gasteiger partial charge < -0.3 is 15.5 Å². The number of halogens is 1. The van der Waals surface area contributed by atoms with E-state index in [1.807, 2.05) is 37.1 Å². The Bertz CT molecular complexity index is 488. The highest BCUT2D eigenvalue weighted by atomic mass is 35.5. The summed E-state index contributed by atoms with van der Waals surface area (Å²) in [5.74, 6) is 0.0370. The van der Waals surface area contributed by atoms with Gasteiger partial charge in [0.25, 0.3) is 0 Å². The number of nitrogens with zero attached hydrogens (tertiary/aromatic N) is 1. The van der Waals surface area contributed by atoms with Gasteiger partial charge in [-0.05, 0) is 37.0 Å². The van der Waals surface area contributed by atoms with Crippen molar-refractivity contribution in [2.75, 3.05) is 25.0 Å². The maximum absolute atomic E-state index is 11.7. The van der Waals surface area contributed by atoms with Crippen molar-refractivity contribution in [2.24, 2.45) is 0 Å². The quantitative estimate of drug-likeness (QED) is 0.775. The number of benzene rings is 1. The maximum atomic E-state index is 11.7. The molecule has 0 bridgehead atoms. The van der Waals surface area contributed by atoms with Crippen molar-refractivity contribution >= 4 is 23.2 Å². The van der Waals surface area contributed by atoms with E-state index in [1.165, 1.54) is 12.8 Å². The van der Waals surface area contributed by atoms with Crippen LogP contribution in [0.1, 0.15) is 31.7 Å². The van der Waals surface area contributed by atoms with Gasteiger partial charge in [0.15, 0.2) is 0 Å². The van der Waals surface area contributed by atoms with Crippen molar-refractivity contribution in [1.82, 2.24) is 10.6 Å². The van der Waals surface area contributed by atoms with Crippen LogP contribution in [0.15, 0.2) is 18.2 Å². The molecule has 5 heteroatoms. The van der Waals surface area contributed by atoms with E-state index >= 15 is 0 Å². The van der Waals surface area contributed by atoms with Crippen molar-refractivity contribution in [3.05, 3.63) is 28.8 Å². The van der Waals surface area contributed by atoms with Crippen molar-refractivity contribution in [2.45, 2.75) is 38.8 Å². The molecule has 1 aliphatic rings. The van der Waals surface area contributed by atoms with E-state index in [4.69, 9.17) is 11.6 Å². The zero-order chi connectivity index (χ0) is 15.2. The van der Waals surface area contributed by atoms with E-state index in [1.54, 1.807) is 0 Å². The molecular formula is C16H24ClN3O. The van der Waals surface area contributed by atoms with Crippen LogP contribution in [0.2, 0.25) is 5.02 Å². The number of nitrogens with one attached hydrogen (secondary N) is 2. The highest BCUT2D eigenvalue weighted by Crippen LogP contribution is 2.25. The van der Waals surface area contributed by atoms with Crippen LogP contribution in [0.5, 0.6) is 0 Å². The molecule has 1 aromatic carbocycles. The lowest BCUT2D eigenvalue weighted by Gasteiger charge is -2.20. The molecule has 0 saturated heterocycles. The molecule has 2 rings (SSSR count). The fourth-order valence-corrected chi connectivity index (χ4v) is 2.33. The minimum atomic E-state index is 0.0370. The lowest BCUT2D eigenvalue weighted by atomic mass is 10.2. The van der Waals surface area contributed by atoms with Crippen molar-refractivity contribution in [3.8, 4) is 0 Å². The summed E-state index contributed by atoms with van der Waals surface area (Å²) in [6.45, 7) is 3.91. The molecule has 1 saturated carbocycles. The van der Waals surface area contributed by atoms with Gasteiger partial charge in [-0.1, -0.05) is 24.6 Å². The summed E-state index contributed by atoms with van der Waals surface area (Å²) in [5, 5.41) is 7.08. The summed E-state index contributed by atoms with van der Waals surface area (Å²) in [7, 11) is 1.90. The number of rotatable bonds is 8. The van der Waals surface area contributed by atoms with Crippen LogP contribution < -0.4 is 15.5 Å². The predicted molar refractivity (Wildman–Crippen MR) is 87.9 cm³/mol. The minimum absolute atomic E-state index is 0.0370. The number of carbonyl (C=O) groups is 1. The van der Waals surface area contributed by atoms with Crippen LogP contribution in [0.3, 0.4) is 0 Å². The maximum Gasteiger partial charge on any atom is 0.239 e. The van der Waals surface area contributed by atoms with Gasteiger partial charge in [0.05, 0.1) is 6.54 Å². The van der Waals surface area contributed by atoms with Gasteiger partial charge >= 0.3 is 0 Å². The van der Waals surface area contributed by atoms with Gasteiger partial charge in [-0.3, -0.25) is 4.79 Å². The van der Waals surface area contributed by atoms with Crippen LogP contribution >= 0.6 is 11.6 Å². The molecule has 0 atom stereocenters. The normalized spacial score (nSPS) is 14.0. The first-order valence-corrected chi connectivity index (χ1v) is 7.97. The lowest BCUT2D eigenvalue weighted by Crippen LogP contribution is -2.35. The van der Waals surface area contributed by atoms with E-state index < -0.39 is 0 Å². The molecule has 0 unspecified atom stereocenters. The third kappa shape index (κ3) is 5.21. The Morgan fingerprint density at radius 3 is 2.81 bits per heavy atom. The molecule has 21 heavy (non-hydrogen) atoms. The number of hydrogen-bond donors (Lipinski definition) is 2. The second kappa shape index (κ2) is 7.66. The Morgan fingerprint density at radius 1 is 1.43 bits per heavy atom. The summed E-state index contributed by atoms with van der Waals surface area (Å²) < 4.78 is 0. The Hall–Kier alpha value is -1.26. The zero-order valence-electron chi connectivity index (χ0n) is 12.8. The van der Waals surface area contributed by atoms with Crippen LogP contribution in [0.4, 0.5) is 5.69 Å². The van der Waals surface area contributed by atoms with E-state index in [0.717, 1.165) is 35.8 Å².